The number of hydrogen-bond donors (Lipinski definition) is 1. The van der Waals surface area contributed by atoms with Gasteiger partial charge in [-0.15, -0.1) is 0 Å². The van der Waals surface area contributed by atoms with E-state index in [1.165, 1.54) is 10.6 Å². The predicted molar refractivity (Wildman–Crippen MR) is 120 cm³/mol. The van der Waals surface area contributed by atoms with Gasteiger partial charge in [0, 0.05) is 24.5 Å². The maximum Gasteiger partial charge on any atom is 0.232 e. The molecule has 0 fully saturated rings. The second-order valence-corrected chi connectivity index (χ2v) is 9.52. The molecule has 2 aromatic rings. The van der Waals surface area contributed by atoms with Gasteiger partial charge in [-0.25, -0.2) is 8.42 Å². The van der Waals surface area contributed by atoms with Gasteiger partial charge in [-0.05, 0) is 61.9 Å². The second-order valence-electron chi connectivity index (χ2n) is 7.20. The third kappa shape index (κ3) is 7.05. The van der Waals surface area contributed by atoms with Crippen LogP contribution in [-0.4, -0.2) is 33.7 Å². The lowest BCUT2D eigenvalue weighted by Crippen LogP contribution is -2.33. The molecule has 0 saturated heterocycles. The van der Waals surface area contributed by atoms with Crippen LogP contribution in [0, 0.1) is 13.8 Å². The molecule has 0 aliphatic rings. The SMILES string of the molecule is Cc1cccc(N(CCCC(=O)NCCCc2ccccc2Cl)S(C)(=O)=O)c1C. The molecule has 0 spiro atoms. The Morgan fingerprint density at radius 3 is 2.48 bits per heavy atom. The molecular formula is C22H29ClN2O3S. The highest BCUT2D eigenvalue weighted by Crippen LogP contribution is 2.25. The van der Waals surface area contributed by atoms with Crippen LogP contribution in [0.25, 0.3) is 0 Å². The van der Waals surface area contributed by atoms with Gasteiger partial charge in [0.15, 0.2) is 0 Å². The van der Waals surface area contributed by atoms with Gasteiger partial charge >= 0.3 is 0 Å². The second kappa shape index (κ2) is 10.6. The van der Waals surface area contributed by atoms with Gasteiger partial charge in [-0.2, -0.15) is 0 Å². The third-order valence-corrected chi connectivity index (χ3v) is 6.46. The Morgan fingerprint density at radius 1 is 1.07 bits per heavy atom. The van der Waals surface area contributed by atoms with Crippen LogP contribution in [0.15, 0.2) is 42.5 Å². The molecule has 158 valence electrons. The van der Waals surface area contributed by atoms with Crippen LogP contribution >= 0.6 is 11.6 Å². The van der Waals surface area contributed by atoms with Gasteiger partial charge in [-0.3, -0.25) is 9.10 Å². The number of nitrogens with zero attached hydrogens (tertiary/aromatic N) is 1. The Bertz CT molecular complexity index is 945. The summed E-state index contributed by atoms with van der Waals surface area (Å²) in [6.07, 6.45) is 3.53. The highest BCUT2D eigenvalue weighted by atomic mass is 35.5. The van der Waals surface area contributed by atoms with Crippen molar-refractivity contribution in [2.24, 2.45) is 0 Å². The van der Waals surface area contributed by atoms with Crippen molar-refractivity contribution in [1.29, 1.82) is 0 Å². The number of carbonyl (C=O) groups excluding carboxylic acids is 1. The van der Waals surface area contributed by atoms with Crippen LogP contribution < -0.4 is 9.62 Å². The minimum absolute atomic E-state index is 0.0708. The molecule has 0 aliphatic carbocycles. The van der Waals surface area contributed by atoms with Gasteiger partial charge in [0.05, 0.1) is 11.9 Å². The van der Waals surface area contributed by atoms with Crippen LogP contribution in [0.3, 0.4) is 0 Å². The smallest absolute Gasteiger partial charge is 0.232 e. The molecule has 0 radical (unpaired) electrons. The first-order chi connectivity index (χ1) is 13.7. The molecule has 0 bridgehead atoms. The van der Waals surface area contributed by atoms with E-state index in [0.717, 1.165) is 34.6 Å². The van der Waals surface area contributed by atoms with E-state index in [1.807, 2.05) is 50.2 Å². The topological polar surface area (TPSA) is 66.5 Å². The fraction of sp³-hybridized carbons (Fsp3) is 0.409. The molecule has 7 heteroatoms. The first-order valence-corrected chi connectivity index (χ1v) is 12.0. The summed E-state index contributed by atoms with van der Waals surface area (Å²) >= 11 is 6.13. The van der Waals surface area contributed by atoms with Crippen molar-refractivity contribution in [3.63, 3.8) is 0 Å². The molecule has 1 N–H and O–H groups in total. The fourth-order valence-corrected chi connectivity index (χ4v) is 4.40. The number of rotatable bonds is 10. The van der Waals surface area contributed by atoms with Crippen molar-refractivity contribution >= 4 is 33.2 Å². The molecule has 0 unspecified atom stereocenters. The molecule has 29 heavy (non-hydrogen) atoms. The summed E-state index contributed by atoms with van der Waals surface area (Å²) < 4.78 is 25.9. The first kappa shape index (κ1) is 23.2. The maximum atomic E-state index is 12.3. The molecule has 0 saturated carbocycles. The number of carbonyl (C=O) groups is 1. The Morgan fingerprint density at radius 2 is 1.79 bits per heavy atom. The van der Waals surface area contributed by atoms with Gasteiger partial charge in [0.1, 0.15) is 0 Å². The standard InChI is InChI=1S/C22H29ClN2O3S/c1-17-9-6-13-21(18(17)2)25(29(3,27)28)16-8-14-22(26)24-15-7-11-19-10-4-5-12-20(19)23/h4-6,9-10,12-13H,7-8,11,14-16H2,1-3H3,(H,24,26). The van der Waals surface area contributed by atoms with Gasteiger partial charge < -0.3 is 5.32 Å². The number of benzene rings is 2. The maximum absolute atomic E-state index is 12.3. The Balaban J connectivity index is 1.81. The highest BCUT2D eigenvalue weighted by Gasteiger charge is 2.19. The zero-order valence-corrected chi connectivity index (χ0v) is 18.8. The summed E-state index contributed by atoms with van der Waals surface area (Å²) in [7, 11) is -3.42. The summed E-state index contributed by atoms with van der Waals surface area (Å²) in [6, 6.07) is 13.3. The van der Waals surface area contributed by atoms with Crippen molar-refractivity contribution in [2.75, 3.05) is 23.7 Å². The van der Waals surface area contributed by atoms with E-state index in [0.29, 0.717) is 18.7 Å². The van der Waals surface area contributed by atoms with E-state index in [1.54, 1.807) is 6.07 Å². The van der Waals surface area contributed by atoms with E-state index in [4.69, 9.17) is 11.6 Å². The van der Waals surface area contributed by atoms with Gasteiger partial charge in [0.25, 0.3) is 0 Å². The summed E-state index contributed by atoms with van der Waals surface area (Å²) in [5.74, 6) is -0.0708. The number of sulfonamides is 1. The number of aryl methyl sites for hydroxylation is 2. The van der Waals surface area contributed by atoms with Crippen LogP contribution in [0.1, 0.15) is 36.0 Å². The Kier molecular flexibility index (Phi) is 8.53. The minimum Gasteiger partial charge on any atom is -0.356 e. The molecular weight excluding hydrogens is 408 g/mol. The van der Waals surface area contributed by atoms with E-state index < -0.39 is 10.0 Å². The van der Waals surface area contributed by atoms with Crippen LogP contribution in [0.5, 0.6) is 0 Å². The van der Waals surface area contributed by atoms with Crippen molar-refractivity contribution in [1.82, 2.24) is 5.32 Å². The highest BCUT2D eigenvalue weighted by molar-refractivity contribution is 7.92. The molecule has 1 amide bonds. The number of amides is 1. The van der Waals surface area contributed by atoms with Crippen molar-refractivity contribution in [3.8, 4) is 0 Å². The number of halogens is 1. The first-order valence-electron chi connectivity index (χ1n) is 9.74. The number of anilines is 1. The average molecular weight is 437 g/mol. The average Bonchev–Trinajstić information content (AvgIpc) is 2.65. The molecule has 2 aromatic carbocycles. The summed E-state index contributed by atoms with van der Waals surface area (Å²) in [6.45, 7) is 4.71. The van der Waals surface area contributed by atoms with Crippen LogP contribution in [0.4, 0.5) is 5.69 Å². The van der Waals surface area contributed by atoms with Gasteiger partial charge in [-0.1, -0.05) is 41.9 Å². The van der Waals surface area contributed by atoms with Crippen molar-refractivity contribution in [3.05, 3.63) is 64.2 Å². The lowest BCUT2D eigenvalue weighted by atomic mass is 10.1. The Labute approximate surface area is 179 Å². The summed E-state index contributed by atoms with van der Waals surface area (Å²) in [5.41, 5.74) is 3.71. The molecule has 2 rings (SSSR count). The zero-order chi connectivity index (χ0) is 21.4. The Hall–Kier alpha value is -2.05. The van der Waals surface area contributed by atoms with Gasteiger partial charge in [0.2, 0.25) is 15.9 Å². The van der Waals surface area contributed by atoms with E-state index >= 15 is 0 Å². The lowest BCUT2D eigenvalue weighted by molar-refractivity contribution is -0.121. The van der Waals surface area contributed by atoms with E-state index in [-0.39, 0.29) is 18.9 Å². The van der Waals surface area contributed by atoms with E-state index in [2.05, 4.69) is 5.32 Å². The molecule has 0 atom stereocenters. The quantitative estimate of drug-likeness (QED) is 0.566. The lowest BCUT2D eigenvalue weighted by Gasteiger charge is -2.24. The molecule has 5 nitrogen and oxygen atoms in total. The fourth-order valence-electron chi connectivity index (χ4n) is 3.15. The third-order valence-electron chi connectivity index (χ3n) is 4.91. The minimum atomic E-state index is -3.42. The molecule has 0 heterocycles. The van der Waals surface area contributed by atoms with Crippen LogP contribution in [0.2, 0.25) is 5.02 Å². The normalized spacial score (nSPS) is 11.3. The number of nitrogens with one attached hydrogen (secondary N) is 1. The molecule has 0 aliphatic heterocycles. The van der Waals surface area contributed by atoms with Crippen molar-refractivity contribution < 1.29 is 13.2 Å². The van der Waals surface area contributed by atoms with Crippen molar-refractivity contribution in [2.45, 2.75) is 39.5 Å². The summed E-state index contributed by atoms with van der Waals surface area (Å²) in [4.78, 5) is 12.1. The number of hydrogen-bond acceptors (Lipinski definition) is 3. The van der Waals surface area contributed by atoms with E-state index in [9.17, 15) is 13.2 Å². The zero-order valence-electron chi connectivity index (χ0n) is 17.2. The summed E-state index contributed by atoms with van der Waals surface area (Å²) in [5, 5.41) is 3.64. The van der Waals surface area contributed by atoms with Crippen LogP contribution in [-0.2, 0) is 21.2 Å². The monoisotopic (exact) mass is 436 g/mol. The predicted octanol–water partition coefficient (Wildman–Crippen LogP) is 4.25. The molecule has 0 aromatic heterocycles. The largest absolute Gasteiger partial charge is 0.356 e.